The number of hydrogen-bond acceptors (Lipinski definition) is 4. The molecule has 0 aliphatic heterocycles. The standard InChI is InChI=1S/C26H18ClN3OS/c27-19-10-6-11-20(15-19)28-23(31)16-32-26-22-14-13-17-7-4-5-12-21(17)24(22)29-25(30-26)18-8-2-1-3-9-18/h1-15H,16H2,(H,28,31). The van der Waals surface area contributed by atoms with E-state index >= 15 is 0 Å². The van der Waals surface area contributed by atoms with E-state index < -0.39 is 0 Å². The SMILES string of the molecule is O=C(CSc1nc(-c2ccccc2)nc2c1ccc1ccccc12)Nc1cccc(Cl)c1. The average molecular weight is 456 g/mol. The highest BCUT2D eigenvalue weighted by molar-refractivity contribution is 8.00. The van der Waals surface area contributed by atoms with E-state index in [-0.39, 0.29) is 11.7 Å². The first-order valence-corrected chi connectivity index (χ1v) is 11.5. The second-order valence-electron chi connectivity index (χ2n) is 7.25. The van der Waals surface area contributed by atoms with Gasteiger partial charge in [-0.2, -0.15) is 0 Å². The van der Waals surface area contributed by atoms with Crippen molar-refractivity contribution < 1.29 is 4.79 Å². The lowest BCUT2D eigenvalue weighted by molar-refractivity contribution is -0.113. The molecule has 0 atom stereocenters. The Hall–Kier alpha value is -3.41. The Morgan fingerprint density at radius 1 is 0.844 bits per heavy atom. The van der Waals surface area contributed by atoms with Crippen molar-refractivity contribution in [1.29, 1.82) is 0 Å². The number of nitrogens with zero attached hydrogens (tertiary/aromatic N) is 2. The highest BCUT2D eigenvalue weighted by atomic mass is 35.5. The summed E-state index contributed by atoms with van der Waals surface area (Å²) >= 11 is 7.42. The van der Waals surface area contributed by atoms with Gasteiger partial charge in [0, 0.05) is 27.0 Å². The Kier molecular flexibility index (Phi) is 5.75. The number of carbonyl (C=O) groups excluding carboxylic acids is 1. The van der Waals surface area contributed by atoms with Crippen LogP contribution < -0.4 is 5.32 Å². The van der Waals surface area contributed by atoms with Gasteiger partial charge in [-0.3, -0.25) is 4.79 Å². The Balaban J connectivity index is 1.52. The van der Waals surface area contributed by atoms with Crippen molar-refractivity contribution in [2.24, 2.45) is 0 Å². The molecule has 0 bridgehead atoms. The van der Waals surface area contributed by atoms with Gasteiger partial charge >= 0.3 is 0 Å². The van der Waals surface area contributed by atoms with Gasteiger partial charge in [-0.15, -0.1) is 0 Å². The maximum Gasteiger partial charge on any atom is 0.234 e. The Bertz CT molecular complexity index is 1440. The molecule has 1 heterocycles. The van der Waals surface area contributed by atoms with Crippen molar-refractivity contribution in [1.82, 2.24) is 9.97 Å². The van der Waals surface area contributed by atoms with E-state index in [9.17, 15) is 4.79 Å². The number of rotatable bonds is 5. The van der Waals surface area contributed by atoms with Crippen molar-refractivity contribution in [2.45, 2.75) is 5.03 Å². The first-order chi connectivity index (χ1) is 15.7. The molecule has 5 aromatic rings. The maximum atomic E-state index is 12.6. The molecule has 1 aromatic heterocycles. The summed E-state index contributed by atoms with van der Waals surface area (Å²) in [6, 6.07) is 29.3. The minimum absolute atomic E-state index is 0.119. The number of benzene rings is 4. The molecule has 32 heavy (non-hydrogen) atoms. The fraction of sp³-hybridized carbons (Fsp3) is 0.0385. The van der Waals surface area contributed by atoms with E-state index in [2.05, 4.69) is 23.5 Å². The molecule has 0 aliphatic rings. The summed E-state index contributed by atoms with van der Waals surface area (Å²) in [7, 11) is 0. The molecule has 0 saturated heterocycles. The van der Waals surface area contributed by atoms with Gasteiger partial charge in [0.05, 0.1) is 11.3 Å². The molecule has 1 amide bonds. The second-order valence-corrected chi connectivity index (χ2v) is 8.65. The molecule has 5 rings (SSSR count). The van der Waals surface area contributed by atoms with Crippen LogP contribution >= 0.6 is 23.4 Å². The van der Waals surface area contributed by atoms with Crippen molar-refractivity contribution >= 4 is 56.6 Å². The van der Waals surface area contributed by atoms with Crippen LogP contribution in [0.3, 0.4) is 0 Å². The molecule has 0 radical (unpaired) electrons. The van der Waals surface area contributed by atoms with Gasteiger partial charge < -0.3 is 5.32 Å². The van der Waals surface area contributed by atoms with Crippen LogP contribution in [-0.4, -0.2) is 21.6 Å². The van der Waals surface area contributed by atoms with E-state index in [0.29, 0.717) is 16.5 Å². The highest BCUT2D eigenvalue weighted by Gasteiger charge is 2.14. The number of amides is 1. The fourth-order valence-electron chi connectivity index (χ4n) is 3.56. The van der Waals surface area contributed by atoms with E-state index in [1.165, 1.54) is 11.8 Å². The number of nitrogens with one attached hydrogen (secondary N) is 1. The first kappa shape index (κ1) is 20.5. The molecular weight excluding hydrogens is 438 g/mol. The lowest BCUT2D eigenvalue weighted by atomic mass is 10.1. The largest absolute Gasteiger partial charge is 0.325 e. The van der Waals surface area contributed by atoms with Gasteiger partial charge in [0.2, 0.25) is 5.91 Å². The third kappa shape index (κ3) is 4.31. The molecule has 0 fully saturated rings. The van der Waals surface area contributed by atoms with Gasteiger partial charge in [0.25, 0.3) is 0 Å². The fourth-order valence-corrected chi connectivity index (χ4v) is 4.56. The molecule has 4 nitrogen and oxygen atoms in total. The molecule has 1 N–H and O–H groups in total. The van der Waals surface area contributed by atoms with E-state index in [4.69, 9.17) is 21.6 Å². The third-order valence-electron chi connectivity index (χ3n) is 5.04. The minimum Gasteiger partial charge on any atom is -0.325 e. The zero-order chi connectivity index (χ0) is 21.9. The lowest BCUT2D eigenvalue weighted by Crippen LogP contribution is -2.14. The Labute approximate surface area is 194 Å². The third-order valence-corrected chi connectivity index (χ3v) is 6.26. The van der Waals surface area contributed by atoms with Crippen LogP contribution in [0.5, 0.6) is 0 Å². The van der Waals surface area contributed by atoms with Crippen LogP contribution in [0.25, 0.3) is 33.1 Å². The first-order valence-electron chi connectivity index (χ1n) is 10.1. The molecule has 0 unspecified atom stereocenters. The van der Waals surface area contributed by atoms with Gasteiger partial charge in [-0.1, -0.05) is 90.1 Å². The minimum atomic E-state index is -0.119. The number of halogens is 1. The van der Waals surface area contributed by atoms with Crippen LogP contribution in [0.2, 0.25) is 5.02 Å². The molecule has 156 valence electrons. The zero-order valence-corrected chi connectivity index (χ0v) is 18.5. The van der Waals surface area contributed by atoms with Crippen molar-refractivity contribution in [2.75, 3.05) is 11.1 Å². The van der Waals surface area contributed by atoms with Crippen molar-refractivity contribution in [3.63, 3.8) is 0 Å². The van der Waals surface area contributed by atoms with Crippen molar-refractivity contribution in [3.05, 3.63) is 96.0 Å². The van der Waals surface area contributed by atoms with Crippen LogP contribution in [0.1, 0.15) is 0 Å². The summed E-state index contributed by atoms with van der Waals surface area (Å²) < 4.78 is 0. The maximum absolute atomic E-state index is 12.6. The Morgan fingerprint density at radius 2 is 1.66 bits per heavy atom. The van der Waals surface area contributed by atoms with Crippen LogP contribution in [0.15, 0.2) is 96.0 Å². The number of hydrogen-bond donors (Lipinski definition) is 1. The van der Waals surface area contributed by atoms with E-state index in [0.717, 1.165) is 32.3 Å². The second kappa shape index (κ2) is 8.99. The number of thioether (sulfide) groups is 1. The molecule has 0 spiro atoms. The number of fused-ring (bicyclic) bond motifs is 3. The number of aromatic nitrogens is 2. The zero-order valence-electron chi connectivity index (χ0n) is 17.0. The van der Waals surface area contributed by atoms with E-state index in [1.54, 1.807) is 18.2 Å². The van der Waals surface area contributed by atoms with Crippen LogP contribution in [-0.2, 0) is 4.79 Å². The topological polar surface area (TPSA) is 54.9 Å². The summed E-state index contributed by atoms with van der Waals surface area (Å²) in [5, 5.41) is 7.36. The smallest absolute Gasteiger partial charge is 0.234 e. The normalized spacial score (nSPS) is 11.0. The van der Waals surface area contributed by atoms with Gasteiger partial charge in [0.15, 0.2) is 5.82 Å². The van der Waals surface area contributed by atoms with Crippen LogP contribution in [0.4, 0.5) is 5.69 Å². The van der Waals surface area contributed by atoms with Crippen molar-refractivity contribution in [3.8, 4) is 11.4 Å². The van der Waals surface area contributed by atoms with Crippen LogP contribution in [0, 0.1) is 0 Å². The summed E-state index contributed by atoms with van der Waals surface area (Å²) in [5.74, 6) is 0.748. The number of anilines is 1. The van der Waals surface area contributed by atoms with E-state index in [1.807, 2.05) is 54.6 Å². The summed E-state index contributed by atoms with van der Waals surface area (Å²) in [4.78, 5) is 22.3. The highest BCUT2D eigenvalue weighted by Crippen LogP contribution is 2.32. The predicted octanol–water partition coefficient (Wildman–Crippen LogP) is 6.83. The van der Waals surface area contributed by atoms with Gasteiger partial charge in [-0.05, 0) is 29.7 Å². The molecule has 6 heteroatoms. The molecular formula is C26H18ClN3OS. The quantitative estimate of drug-likeness (QED) is 0.179. The lowest BCUT2D eigenvalue weighted by Gasteiger charge is -2.11. The summed E-state index contributed by atoms with van der Waals surface area (Å²) in [5.41, 5.74) is 2.49. The summed E-state index contributed by atoms with van der Waals surface area (Å²) in [6.45, 7) is 0. The van der Waals surface area contributed by atoms with Gasteiger partial charge in [0.1, 0.15) is 5.03 Å². The molecule has 4 aromatic carbocycles. The average Bonchev–Trinajstić information content (AvgIpc) is 2.83. The molecule has 0 aliphatic carbocycles. The number of carbonyl (C=O) groups is 1. The monoisotopic (exact) mass is 455 g/mol. The Morgan fingerprint density at radius 3 is 2.50 bits per heavy atom. The molecule has 0 saturated carbocycles. The summed E-state index contributed by atoms with van der Waals surface area (Å²) in [6.07, 6.45) is 0. The van der Waals surface area contributed by atoms with Gasteiger partial charge in [-0.25, -0.2) is 9.97 Å². The predicted molar refractivity (Wildman–Crippen MR) is 133 cm³/mol.